The predicted molar refractivity (Wildman–Crippen MR) is 56.5 cm³/mol. The maximum atomic E-state index is 12.1. The third kappa shape index (κ3) is 3.28. The van der Waals surface area contributed by atoms with Gasteiger partial charge in [0.2, 0.25) is 0 Å². The van der Waals surface area contributed by atoms with E-state index in [9.17, 15) is 17.7 Å². The van der Waals surface area contributed by atoms with E-state index in [0.717, 1.165) is 6.07 Å². The highest BCUT2D eigenvalue weighted by Crippen LogP contribution is 2.10. The highest BCUT2D eigenvalue weighted by Gasteiger charge is 2.24. The number of halogens is 3. The topological polar surface area (TPSA) is 38.1 Å². The van der Waals surface area contributed by atoms with Gasteiger partial charge in [0, 0.05) is 26.1 Å². The molecular formula is C8H12BF3N3O-. The molecule has 0 saturated carbocycles. The molecule has 0 fully saturated rings. The third-order valence-electron chi connectivity index (χ3n) is 2.15. The summed E-state index contributed by atoms with van der Waals surface area (Å²) in [4.78, 5) is 13.0. The molecule has 0 unspecified atom stereocenters. The molecule has 0 aliphatic carbocycles. The average Bonchev–Trinajstić information content (AvgIpc) is 2.18. The summed E-state index contributed by atoms with van der Waals surface area (Å²) >= 11 is 0. The van der Waals surface area contributed by atoms with Crippen LogP contribution in [0.3, 0.4) is 0 Å². The van der Waals surface area contributed by atoms with Crippen LogP contribution in [0.5, 0.6) is 0 Å². The number of nitrogens with zero attached hydrogens (tertiary/aromatic N) is 3. The van der Waals surface area contributed by atoms with Crippen LogP contribution in [0.25, 0.3) is 0 Å². The SMILES string of the molecule is CCN(C)c1cnn(C[B-](F)(F)F)c(=O)c1. The fraction of sp³-hybridized carbons (Fsp3) is 0.500. The monoisotopic (exact) mass is 234 g/mol. The second kappa shape index (κ2) is 4.59. The summed E-state index contributed by atoms with van der Waals surface area (Å²) in [6.45, 7) is -2.53. The summed E-state index contributed by atoms with van der Waals surface area (Å²) < 4.78 is 36.7. The first-order valence-electron chi connectivity index (χ1n) is 4.83. The smallest absolute Gasteiger partial charge is 0.448 e. The van der Waals surface area contributed by atoms with Gasteiger partial charge in [-0.25, -0.2) is 0 Å². The van der Waals surface area contributed by atoms with Crippen molar-refractivity contribution >= 4 is 12.7 Å². The summed E-state index contributed by atoms with van der Waals surface area (Å²) in [6, 6.07) is 1.15. The Morgan fingerprint density at radius 2 is 2.12 bits per heavy atom. The van der Waals surface area contributed by atoms with Crippen molar-refractivity contribution < 1.29 is 12.9 Å². The fourth-order valence-electron chi connectivity index (χ4n) is 1.15. The lowest BCUT2D eigenvalue weighted by molar-refractivity contribution is 0.430. The van der Waals surface area contributed by atoms with E-state index >= 15 is 0 Å². The van der Waals surface area contributed by atoms with Gasteiger partial charge in [-0.2, -0.15) is 5.10 Å². The average molecular weight is 234 g/mol. The Labute approximate surface area is 90.7 Å². The lowest BCUT2D eigenvalue weighted by Gasteiger charge is -2.18. The molecule has 0 bridgehead atoms. The van der Waals surface area contributed by atoms with Gasteiger partial charge in [0.15, 0.2) is 0 Å². The van der Waals surface area contributed by atoms with E-state index in [0.29, 0.717) is 16.9 Å². The van der Waals surface area contributed by atoms with Crippen molar-refractivity contribution in [3.8, 4) is 0 Å². The van der Waals surface area contributed by atoms with Crippen molar-refractivity contribution in [3.05, 3.63) is 22.6 Å². The van der Waals surface area contributed by atoms with E-state index < -0.39 is 19.0 Å². The molecule has 1 aromatic heterocycles. The number of rotatable bonds is 4. The minimum Gasteiger partial charge on any atom is -0.448 e. The van der Waals surface area contributed by atoms with Crippen molar-refractivity contribution in [2.45, 2.75) is 13.4 Å². The molecule has 0 N–H and O–H groups in total. The van der Waals surface area contributed by atoms with Gasteiger partial charge in [-0.1, -0.05) is 0 Å². The lowest BCUT2D eigenvalue weighted by atomic mass is 9.93. The molecule has 90 valence electrons. The molecule has 1 heterocycles. The van der Waals surface area contributed by atoms with Gasteiger partial charge in [-0.15, -0.1) is 0 Å². The lowest BCUT2D eigenvalue weighted by Crippen LogP contribution is -2.34. The summed E-state index contributed by atoms with van der Waals surface area (Å²) in [5, 5.41) is 3.49. The molecule has 0 radical (unpaired) electrons. The van der Waals surface area contributed by atoms with Gasteiger partial charge in [0.1, 0.15) is 0 Å². The van der Waals surface area contributed by atoms with Gasteiger partial charge >= 0.3 is 6.98 Å². The second-order valence-corrected chi connectivity index (χ2v) is 3.46. The predicted octanol–water partition coefficient (Wildman–Crippen LogP) is 1.09. The first kappa shape index (κ1) is 12.6. The molecule has 1 rings (SSSR count). The zero-order chi connectivity index (χ0) is 12.3. The molecule has 0 atom stereocenters. The maximum absolute atomic E-state index is 12.1. The molecule has 1 aromatic rings. The van der Waals surface area contributed by atoms with E-state index in [1.54, 1.807) is 11.9 Å². The van der Waals surface area contributed by atoms with Crippen LogP contribution in [0.1, 0.15) is 6.92 Å². The molecule has 0 saturated heterocycles. The van der Waals surface area contributed by atoms with Gasteiger partial charge in [-0.05, 0) is 6.92 Å². The Morgan fingerprint density at radius 1 is 1.50 bits per heavy atom. The van der Waals surface area contributed by atoms with Crippen LogP contribution in [-0.4, -0.2) is 30.4 Å². The van der Waals surface area contributed by atoms with Crippen molar-refractivity contribution in [2.24, 2.45) is 0 Å². The Balaban J connectivity index is 2.97. The zero-order valence-electron chi connectivity index (χ0n) is 9.03. The first-order chi connectivity index (χ1) is 7.33. The number of aromatic nitrogens is 2. The maximum Gasteiger partial charge on any atom is 0.499 e. The van der Waals surface area contributed by atoms with E-state index in [1.165, 1.54) is 6.20 Å². The molecule has 0 amide bonds. The van der Waals surface area contributed by atoms with Gasteiger partial charge in [0.05, 0.1) is 11.9 Å². The highest BCUT2D eigenvalue weighted by molar-refractivity contribution is 6.57. The van der Waals surface area contributed by atoms with Crippen LogP contribution in [0, 0.1) is 0 Å². The summed E-state index contributed by atoms with van der Waals surface area (Å²) in [6.07, 6.45) is -0.0400. The largest absolute Gasteiger partial charge is 0.499 e. The number of hydrogen-bond acceptors (Lipinski definition) is 3. The summed E-state index contributed by atoms with van der Waals surface area (Å²) in [7, 11) is 1.73. The quantitative estimate of drug-likeness (QED) is 0.731. The van der Waals surface area contributed by atoms with Crippen LogP contribution in [0.2, 0.25) is 0 Å². The Morgan fingerprint density at radius 3 is 2.56 bits per heavy atom. The molecule has 0 aliphatic rings. The minimum atomic E-state index is -5.05. The Kier molecular flexibility index (Phi) is 3.61. The van der Waals surface area contributed by atoms with Crippen molar-refractivity contribution in [1.82, 2.24) is 9.78 Å². The van der Waals surface area contributed by atoms with Gasteiger partial charge < -0.3 is 17.8 Å². The second-order valence-electron chi connectivity index (χ2n) is 3.46. The third-order valence-corrected chi connectivity index (χ3v) is 2.15. The number of anilines is 1. The molecule has 4 nitrogen and oxygen atoms in total. The fourth-order valence-corrected chi connectivity index (χ4v) is 1.15. The number of hydrogen-bond donors (Lipinski definition) is 0. The first-order valence-corrected chi connectivity index (χ1v) is 4.83. The normalized spacial score (nSPS) is 11.6. The van der Waals surface area contributed by atoms with E-state index in [2.05, 4.69) is 5.10 Å². The summed E-state index contributed by atoms with van der Waals surface area (Å²) in [5.41, 5.74) is -0.226. The van der Waals surface area contributed by atoms with Crippen molar-refractivity contribution in [1.29, 1.82) is 0 Å². The van der Waals surface area contributed by atoms with Crippen LogP contribution >= 0.6 is 0 Å². The molecule has 0 aliphatic heterocycles. The summed E-state index contributed by atoms with van der Waals surface area (Å²) in [5.74, 6) is 0. The minimum absolute atomic E-state index is 0.424. The molecule has 0 aromatic carbocycles. The van der Waals surface area contributed by atoms with Crippen LogP contribution in [-0.2, 0) is 6.44 Å². The molecule has 8 heteroatoms. The molecule has 0 spiro atoms. The van der Waals surface area contributed by atoms with Gasteiger partial charge in [-0.3, -0.25) is 9.48 Å². The van der Waals surface area contributed by atoms with Crippen molar-refractivity contribution in [2.75, 3.05) is 18.5 Å². The zero-order valence-corrected chi connectivity index (χ0v) is 9.03. The standard InChI is InChI=1S/C8H12BF3N3O/c1-3-14(2)7-4-8(16)15(13-5-7)6-9(10,11)12/h4-5H,3,6H2,1-2H3/q-1. The van der Waals surface area contributed by atoms with Crippen LogP contribution in [0.15, 0.2) is 17.1 Å². The molecule has 16 heavy (non-hydrogen) atoms. The van der Waals surface area contributed by atoms with E-state index in [-0.39, 0.29) is 0 Å². The van der Waals surface area contributed by atoms with E-state index in [4.69, 9.17) is 0 Å². The van der Waals surface area contributed by atoms with Gasteiger partial charge in [0.25, 0.3) is 5.56 Å². The Bertz CT molecular complexity index is 418. The van der Waals surface area contributed by atoms with E-state index in [1.807, 2.05) is 6.92 Å². The Hall–Kier alpha value is -1.47. The highest BCUT2D eigenvalue weighted by atomic mass is 19.4. The van der Waals surface area contributed by atoms with Crippen molar-refractivity contribution in [3.63, 3.8) is 0 Å². The van der Waals surface area contributed by atoms with Crippen LogP contribution < -0.4 is 10.5 Å². The van der Waals surface area contributed by atoms with Crippen LogP contribution in [0.4, 0.5) is 18.6 Å². The molecular weight excluding hydrogens is 222 g/mol.